The lowest BCUT2D eigenvalue weighted by molar-refractivity contribution is -0.107. The Morgan fingerprint density at radius 1 is 1.21 bits per heavy atom. The average molecular weight is 192 g/mol. The fourth-order valence-corrected chi connectivity index (χ4v) is 1.39. The quantitative estimate of drug-likeness (QED) is 0.738. The molecule has 0 fully saturated rings. The molecule has 0 amide bonds. The van der Waals surface area contributed by atoms with Crippen LogP contribution in [0.15, 0.2) is 24.3 Å². The fraction of sp³-hybridized carbons (Fsp3) is 0.417. The van der Waals surface area contributed by atoms with Crippen LogP contribution in [0.1, 0.15) is 25.0 Å². The van der Waals surface area contributed by atoms with Gasteiger partial charge in [0.25, 0.3) is 0 Å². The fourth-order valence-electron chi connectivity index (χ4n) is 1.39. The lowest BCUT2D eigenvalue weighted by Crippen LogP contribution is -2.21. The highest BCUT2D eigenvalue weighted by atomic mass is 16.3. The van der Waals surface area contributed by atoms with E-state index in [9.17, 15) is 9.90 Å². The van der Waals surface area contributed by atoms with Crippen LogP contribution >= 0.6 is 0 Å². The van der Waals surface area contributed by atoms with Crippen molar-refractivity contribution in [3.8, 4) is 0 Å². The molecule has 0 radical (unpaired) electrons. The summed E-state index contributed by atoms with van der Waals surface area (Å²) in [5.41, 5.74) is 1.43. The van der Waals surface area contributed by atoms with Gasteiger partial charge in [0.15, 0.2) is 0 Å². The highest BCUT2D eigenvalue weighted by molar-refractivity contribution is 5.54. The lowest BCUT2D eigenvalue weighted by atomic mass is 9.98. The number of benzene rings is 1. The zero-order valence-corrected chi connectivity index (χ0v) is 8.66. The minimum absolute atomic E-state index is 0.461. The molecular weight excluding hydrogens is 176 g/mol. The molecule has 0 unspecified atom stereocenters. The van der Waals surface area contributed by atoms with Gasteiger partial charge in [-0.2, -0.15) is 0 Å². The summed E-state index contributed by atoms with van der Waals surface area (Å²) < 4.78 is 0. The molecule has 0 saturated carbocycles. The van der Waals surface area contributed by atoms with E-state index in [4.69, 9.17) is 0 Å². The van der Waals surface area contributed by atoms with Crippen LogP contribution in [0.5, 0.6) is 0 Å². The minimum Gasteiger partial charge on any atom is -0.390 e. The summed E-state index contributed by atoms with van der Waals surface area (Å²) in [6.07, 6.45) is 1.99. The topological polar surface area (TPSA) is 37.3 Å². The van der Waals surface area contributed by atoms with Crippen molar-refractivity contribution >= 4 is 6.29 Å². The van der Waals surface area contributed by atoms with E-state index in [0.717, 1.165) is 17.4 Å². The van der Waals surface area contributed by atoms with Crippen molar-refractivity contribution in [3.63, 3.8) is 0 Å². The van der Waals surface area contributed by atoms with Crippen LogP contribution in [-0.2, 0) is 17.6 Å². The summed E-state index contributed by atoms with van der Waals surface area (Å²) >= 11 is 0. The van der Waals surface area contributed by atoms with Crippen molar-refractivity contribution in [2.24, 2.45) is 0 Å². The molecule has 0 atom stereocenters. The number of aliphatic hydroxyl groups is 1. The van der Waals surface area contributed by atoms with Gasteiger partial charge in [-0.1, -0.05) is 24.3 Å². The molecular formula is C12H16O2. The van der Waals surface area contributed by atoms with Crippen LogP contribution in [0.4, 0.5) is 0 Å². The molecule has 76 valence electrons. The summed E-state index contributed by atoms with van der Waals surface area (Å²) in [5, 5.41) is 9.59. The van der Waals surface area contributed by atoms with Gasteiger partial charge in [-0.25, -0.2) is 0 Å². The van der Waals surface area contributed by atoms with E-state index >= 15 is 0 Å². The molecule has 1 rings (SSSR count). The smallest absolute Gasteiger partial charge is 0.124 e. The summed E-state index contributed by atoms with van der Waals surface area (Å²) in [4.78, 5) is 10.2. The normalized spacial score (nSPS) is 11.4. The zero-order chi connectivity index (χ0) is 10.6. The van der Waals surface area contributed by atoms with Crippen molar-refractivity contribution in [2.45, 2.75) is 32.3 Å². The molecule has 14 heavy (non-hydrogen) atoms. The predicted octanol–water partition coefficient (Wildman–Crippen LogP) is 1.74. The van der Waals surface area contributed by atoms with E-state index in [0.29, 0.717) is 12.8 Å². The van der Waals surface area contributed by atoms with Crippen LogP contribution in [0.3, 0.4) is 0 Å². The maximum Gasteiger partial charge on any atom is 0.124 e. The van der Waals surface area contributed by atoms with Gasteiger partial charge in [-0.3, -0.25) is 0 Å². The second kappa shape index (κ2) is 4.38. The molecule has 0 heterocycles. The van der Waals surface area contributed by atoms with E-state index < -0.39 is 5.60 Å². The van der Waals surface area contributed by atoms with E-state index in [-0.39, 0.29) is 0 Å². The average Bonchev–Trinajstić information content (AvgIpc) is 2.06. The maximum absolute atomic E-state index is 10.2. The molecule has 0 aliphatic carbocycles. The number of hydrogen-bond donors (Lipinski definition) is 1. The van der Waals surface area contributed by atoms with Crippen LogP contribution in [0, 0.1) is 0 Å². The molecule has 0 spiro atoms. The zero-order valence-electron chi connectivity index (χ0n) is 8.66. The highest BCUT2D eigenvalue weighted by Gasteiger charge is 2.12. The van der Waals surface area contributed by atoms with Gasteiger partial charge in [0, 0.05) is 12.8 Å². The third-order valence-electron chi connectivity index (χ3n) is 1.98. The first-order valence-corrected chi connectivity index (χ1v) is 4.75. The van der Waals surface area contributed by atoms with Gasteiger partial charge in [-0.15, -0.1) is 0 Å². The number of rotatable bonds is 4. The highest BCUT2D eigenvalue weighted by Crippen LogP contribution is 2.13. The Hall–Kier alpha value is -1.15. The van der Waals surface area contributed by atoms with Crippen LogP contribution in [0.25, 0.3) is 0 Å². The lowest BCUT2D eigenvalue weighted by Gasteiger charge is -2.16. The third-order valence-corrected chi connectivity index (χ3v) is 1.98. The van der Waals surface area contributed by atoms with Gasteiger partial charge in [-0.05, 0) is 25.0 Å². The molecule has 1 aromatic carbocycles. The first-order chi connectivity index (χ1) is 6.51. The largest absolute Gasteiger partial charge is 0.390 e. The molecule has 0 aromatic heterocycles. The van der Waals surface area contributed by atoms with Crippen molar-refractivity contribution in [1.29, 1.82) is 0 Å². The first-order valence-electron chi connectivity index (χ1n) is 4.75. The van der Waals surface area contributed by atoms with Gasteiger partial charge in [0.05, 0.1) is 5.60 Å². The predicted molar refractivity (Wildman–Crippen MR) is 56.2 cm³/mol. The van der Waals surface area contributed by atoms with Crippen LogP contribution in [0.2, 0.25) is 0 Å². The van der Waals surface area contributed by atoms with Crippen LogP contribution < -0.4 is 0 Å². The summed E-state index contributed by atoms with van der Waals surface area (Å²) in [6.45, 7) is 3.57. The molecule has 1 aromatic rings. The number of aldehydes is 1. The molecule has 0 aliphatic heterocycles. The second-order valence-electron chi connectivity index (χ2n) is 4.18. The van der Waals surface area contributed by atoms with E-state index in [1.54, 1.807) is 13.8 Å². The van der Waals surface area contributed by atoms with Crippen molar-refractivity contribution in [2.75, 3.05) is 0 Å². The number of hydrogen-bond acceptors (Lipinski definition) is 2. The van der Waals surface area contributed by atoms with Gasteiger partial charge >= 0.3 is 0 Å². The molecule has 0 bridgehead atoms. The van der Waals surface area contributed by atoms with Crippen LogP contribution in [-0.4, -0.2) is 17.0 Å². The van der Waals surface area contributed by atoms with Gasteiger partial charge in [0.2, 0.25) is 0 Å². The molecule has 2 nitrogen and oxygen atoms in total. The summed E-state index contributed by atoms with van der Waals surface area (Å²) in [7, 11) is 0. The maximum atomic E-state index is 10.2. The Bertz CT molecular complexity index is 293. The van der Waals surface area contributed by atoms with Crippen molar-refractivity contribution < 1.29 is 9.90 Å². The molecule has 1 N–H and O–H groups in total. The monoisotopic (exact) mass is 192 g/mol. The molecule has 0 saturated heterocycles. The summed E-state index contributed by atoms with van der Waals surface area (Å²) in [5.74, 6) is 0. The Labute approximate surface area is 84.6 Å². The standard InChI is InChI=1S/C12H16O2/c1-12(2,14)9-11-5-3-10(4-6-11)7-8-13/h3-6,8,14H,7,9H2,1-2H3. The Kier molecular flexibility index (Phi) is 3.42. The Balaban J connectivity index is 2.68. The van der Waals surface area contributed by atoms with Gasteiger partial charge in [0.1, 0.15) is 6.29 Å². The van der Waals surface area contributed by atoms with E-state index in [1.165, 1.54) is 0 Å². The Morgan fingerprint density at radius 3 is 2.14 bits per heavy atom. The number of carbonyl (C=O) groups is 1. The van der Waals surface area contributed by atoms with E-state index in [2.05, 4.69) is 0 Å². The molecule has 2 heteroatoms. The summed E-state index contributed by atoms with van der Waals surface area (Å²) in [6, 6.07) is 7.76. The van der Waals surface area contributed by atoms with E-state index in [1.807, 2.05) is 24.3 Å². The SMILES string of the molecule is CC(C)(O)Cc1ccc(CC=O)cc1. The van der Waals surface area contributed by atoms with Crippen molar-refractivity contribution in [3.05, 3.63) is 35.4 Å². The van der Waals surface area contributed by atoms with Gasteiger partial charge < -0.3 is 9.90 Å². The molecule has 0 aliphatic rings. The first kappa shape index (κ1) is 10.9. The second-order valence-corrected chi connectivity index (χ2v) is 4.18. The number of carbonyl (C=O) groups excluding carboxylic acids is 1. The van der Waals surface area contributed by atoms with Crippen molar-refractivity contribution in [1.82, 2.24) is 0 Å². The third kappa shape index (κ3) is 3.71. The Morgan fingerprint density at radius 2 is 1.71 bits per heavy atom. The minimum atomic E-state index is -0.674.